The van der Waals surface area contributed by atoms with Gasteiger partial charge in [-0.3, -0.25) is 0 Å². The van der Waals surface area contributed by atoms with Crippen LogP contribution in [0.25, 0.3) is 0 Å². The number of hydrogen-bond acceptors (Lipinski definition) is 3. The Balaban J connectivity index is 5.02. The molecule has 0 spiro atoms. The van der Waals surface area contributed by atoms with Gasteiger partial charge in [-0.2, -0.15) is 12.6 Å². The topological polar surface area (TPSA) is 18.5 Å². The summed E-state index contributed by atoms with van der Waals surface area (Å²) in [7, 11) is 0. The lowest BCUT2D eigenvalue weighted by Crippen LogP contribution is -2.51. The van der Waals surface area contributed by atoms with Gasteiger partial charge in [-0.15, -0.1) is 0 Å². The van der Waals surface area contributed by atoms with Crippen molar-refractivity contribution < 1.29 is 9.47 Å². The van der Waals surface area contributed by atoms with Crippen molar-refractivity contribution in [3.8, 4) is 0 Å². The number of thiol groups is 1. The molecule has 1 unspecified atom stereocenters. The van der Waals surface area contributed by atoms with Crippen molar-refractivity contribution in [2.75, 3.05) is 5.75 Å². The first-order valence-electron chi connectivity index (χ1n) is 10.5. The summed E-state index contributed by atoms with van der Waals surface area (Å²) >= 11 is 4.43. The molecule has 0 heterocycles. The van der Waals surface area contributed by atoms with Crippen molar-refractivity contribution in [2.45, 2.75) is 130 Å². The van der Waals surface area contributed by atoms with Crippen LogP contribution in [0.1, 0.15) is 113 Å². The summed E-state index contributed by atoms with van der Waals surface area (Å²) in [5.74, 6) is 0.715. The fraction of sp³-hybridized carbons (Fsp3) is 1.00. The van der Waals surface area contributed by atoms with Gasteiger partial charge in [-0.25, -0.2) is 0 Å². The second-order valence-corrected chi connectivity index (χ2v) is 9.97. The second kappa shape index (κ2) is 11.9. The minimum absolute atomic E-state index is 0.225. The second-order valence-electron chi connectivity index (χ2n) is 9.53. The van der Waals surface area contributed by atoms with Crippen LogP contribution in [0.3, 0.4) is 0 Å². The van der Waals surface area contributed by atoms with E-state index in [-0.39, 0.29) is 11.2 Å². The van der Waals surface area contributed by atoms with E-state index in [2.05, 4.69) is 68.0 Å². The summed E-state index contributed by atoms with van der Waals surface area (Å²) in [6.45, 7) is 17.4. The monoisotopic (exact) mass is 374 g/mol. The van der Waals surface area contributed by atoms with Crippen molar-refractivity contribution in [3.05, 3.63) is 0 Å². The molecular weight excluding hydrogens is 328 g/mol. The maximum Gasteiger partial charge on any atom is 0.172 e. The molecule has 0 saturated carbocycles. The van der Waals surface area contributed by atoms with Crippen LogP contribution in [0.5, 0.6) is 0 Å². The number of hydrogen-bond donors (Lipinski definition) is 1. The lowest BCUT2D eigenvalue weighted by Gasteiger charge is -2.47. The molecule has 1 atom stereocenters. The zero-order valence-electron chi connectivity index (χ0n) is 18.4. The summed E-state index contributed by atoms with van der Waals surface area (Å²) in [4.78, 5) is 0. The van der Waals surface area contributed by atoms with Crippen LogP contribution in [-0.2, 0) is 9.47 Å². The summed E-state index contributed by atoms with van der Waals surface area (Å²) in [6, 6.07) is 0. The molecule has 0 fully saturated rings. The van der Waals surface area contributed by atoms with Crippen LogP contribution in [-0.4, -0.2) is 22.7 Å². The minimum atomic E-state index is -0.525. The molecule has 0 aromatic carbocycles. The Morgan fingerprint density at radius 1 is 0.760 bits per heavy atom. The van der Waals surface area contributed by atoms with Crippen LogP contribution < -0.4 is 0 Å². The van der Waals surface area contributed by atoms with Gasteiger partial charge in [0, 0.05) is 12.3 Å². The van der Waals surface area contributed by atoms with Gasteiger partial charge in [0.1, 0.15) is 0 Å². The number of rotatable bonds is 13. The first kappa shape index (κ1) is 25.3. The predicted octanol–water partition coefficient (Wildman–Crippen LogP) is 7.41. The summed E-state index contributed by atoms with van der Waals surface area (Å²) in [5.41, 5.74) is -0.450. The fourth-order valence-electron chi connectivity index (χ4n) is 3.38. The molecule has 0 aliphatic carbocycles. The van der Waals surface area contributed by atoms with Crippen LogP contribution in [0.4, 0.5) is 0 Å². The third-order valence-corrected chi connectivity index (χ3v) is 4.70. The Morgan fingerprint density at radius 3 is 1.68 bits per heavy atom. The van der Waals surface area contributed by atoms with Crippen molar-refractivity contribution in [1.29, 1.82) is 0 Å². The highest BCUT2D eigenvalue weighted by Crippen LogP contribution is 2.39. The molecule has 0 rings (SSSR count). The van der Waals surface area contributed by atoms with E-state index in [1.165, 1.54) is 38.5 Å². The minimum Gasteiger partial charge on any atom is -0.344 e. The van der Waals surface area contributed by atoms with E-state index in [9.17, 15) is 0 Å². The zero-order valence-corrected chi connectivity index (χ0v) is 19.3. The Labute approximate surface area is 164 Å². The van der Waals surface area contributed by atoms with Crippen molar-refractivity contribution in [3.63, 3.8) is 0 Å². The van der Waals surface area contributed by atoms with E-state index < -0.39 is 5.79 Å². The third kappa shape index (κ3) is 12.3. The van der Waals surface area contributed by atoms with E-state index in [1.54, 1.807) is 0 Å². The molecule has 0 aromatic heterocycles. The molecule has 0 aliphatic rings. The highest BCUT2D eigenvalue weighted by Gasteiger charge is 2.43. The standard InChI is InChI=1S/C22H46O2S/c1-9-10-11-12-13-14-16-19(2)22(17-15-18-25,23-20(3,4)5)24-21(6,7)8/h19,25H,9-18H2,1-8H3. The lowest BCUT2D eigenvalue weighted by atomic mass is 9.89. The highest BCUT2D eigenvalue weighted by molar-refractivity contribution is 7.80. The summed E-state index contributed by atoms with van der Waals surface area (Å²) in [6.07, 6.45) is 11.0. The highest BCUT2D eigenvalue weighted by atomic mass is 32.1. The Morgan fingerprint density at radius 2 is 1.24 bits per heavy atom. The largest absolute Gasteiger partial charge is 0.344 e. The van der Waals surface area contributed by atoms with Gasteiger partial charge in [-0.05, 0) is 60.1 Å². The molecule has 0 amide bonds. The Bertz CT molecular complexity index is 312. The van der Waals surface area contributed by atoms with E-state index in [4.69, 9.17) is 9.47 Å². The predicted molar refractivity (Wildman–Crippen MR) is 115 cm³/mol. The van der Waals surface area contributed by atoms with Gasteiger partial charge in [0.2, 0.25) is 0 Å². The van der Waals surface area contributed by atoms with Crippen LogP contribution >= 0.6 is 12.6 Å². The third-order valence-electron chi connectivity index (χ3n) is 4.38. The maximum atomic E-state index is 6.60. The molecule has 2 nitrogen and oxygen atoms in total. The van der Waals surface area contributed by atoms with Crippen molar-refractivity contribution >= 4 is 12.6 Å². The smallest absolute Gasteiger partial charge is 0.172 e. The van der Waals surface area contributed by atoms with Crippen LogP contribution in [0.2, 0.25) is 0 Å². The number of ether oxygens (including phenoxy) is 2. The van der Waals surface area contributed by atoms with Gasteiger partial charge in [-0.1, -0.05) is 52.4 Å². The molecule has 152 valence electrons. The maximum absolute atomic E-state index is 6.60. The summed E-state index contributed by atoms with van der Waals surface area (Å²) < 4.78 is 13.2. The summed E-state index contributed by atoms with van der Waals surface area (Å²) in [5, 5.41) is 0. The van der Waals surface area contributed by atoms with E-state index in [0.29, 0.717) is 5.92 Å². The Hall–Kier alpha value is 0.270. The number of unbranched alkanes of at least 4 members (excludes halogenated alkanes) is 5. The van der Waals surface area contributed by atoms with Crippen molar-refractivity contribution in [2.24, 2.45) is 5.92 Å². The van der Waals surface area contributed by atoms with Gasteiger partial charge in [0.15, 0.2) is 5.79 Å². The lowest BCUT2D eigenvalue weighted by molar-refractivity contribution is -0.336. The molecule has 0 bridgehead atoms. The van der Waals surface area contributed by atoms with Gasteiger partial charge >= 0.3 is 0 Å². The molecule has 0 radical (unpaired) electrons. The van der Waals surface area contributed by atoms with E-state index in [0.717, 1.165) is 25.0 Å². The zero-order chi connectivity index (χ0) is 19.6. The molecule has 3 heteroatoms. The molecule has 25 heavy (non-hydrogen) atoms. The van der Waals surface area contributed by atoms with Crippen LogP contribution in [0, 0.1) is 5.92 Å². The van der Waals surface area contributed by atoms with Crippen molar-refractivity contribution in [1.82, 2.24) is 0 Å². The quantitative estimate of drug-likeness (QED) is 0.205. The molecule has 0 N–H and O–H groups in total. The molecule has 0 aliphatic heterocycles. The fourth-order valence-corrected chi connectivity index (χ4v) is 3.54. The van der Waals surface area contributed by atoms with Gasteiger partial charge in [0.05, 0.1) is 11.2 Å². The first-order chi connectivity index (χ1) is 11.5. The van der Waals surface area contributed by atoms with E-state index >= 15 is 0 Å². The van der Waals surface area contributed by atoms with Crippen LogP contribution in [0.15, 0.2) is 0 Å². The normalized spacial score (nSPS) is 14.8. The Kier molecular flexibility index (Phi) is 12.0. The molecule has 0 saturated heterocycles. The average Bonchev–Trinajstić information content (AvgIpc) is 2.45. The molecule has 0 aromatic rings. The van der Waals surface area contributed by atoms with Gasteiger partial charge < -0.3 is 9.47 Å². The molecular formula is C22H46O2S. The first-order valence-corrected chi connectivity index (χ1v) is 11.1. The average molecular weight is 375 g/mol. The van der Waals surface area contributed by atoms with Gasteiger partial charge in [0.25, 0.3) is 0 Å². The van der Waals surface area contributed by atoms with E-state index in [1.807, 2.05) is 0 Å². The SMILES string of the molecule is CCCCCCCCC(C)C(CCCS)(OC(C)(C)C)OC(C)(C)C.